The SMILES string of the molecule is CC1CCC(C(=O)NCC2(C)CCCN2)O1. The molecule has 4 nitrogen and oxygen atoms in total. The largest absolute Gasteiger partial charge is 0.365 e. The molecule has 2 fully saturated rings. The molecule has 2 rings (SSSR count). The van der Waals surface area contributed by atoms with E-state index in [2.05, 4.69) is 17.6 Å². The average Bonchev–Trinajstić information content (AvgIpc) is 2.85. The second-order valence-corrected chi connectivity index (χ2v) is 5.32. The van der Waals surface area contributed by atoms with Crippen molar-refractivity contribution in [1.82, 2.24) is 10.6 Å². The number of hydrogen-bond acceptors (Lipinski definition) is 3. The normalized spacial score (nSPS) is 38.9. The van der Waals surface area contributed by atoms with Gasteiger partial charge in [0.05, 0.1) is 6.10 Å². The number of carbonyl (C=O) groups is 1. The van der Waals surface area contributed by atoms with Crippen LogP contribution in [-0.2, 0) is 9.53 Å². The predicted octanol–water partition coefficient (Wildman–Crippen LogP) is 0.812. The third-order valence-electron chi connectivity index (χ3n) is 3.63. The van der Waals surface area contributed by atoms with Crippen LogP contribution in [0.25, 0.3) is 0 Å². The standard InChI is InChI=1S/C12H22N2O2/c1-9-4-5-10(16-9)11(15)13-8-12(2)6-3-7-14-12/h9-10,14H,3-8H2,1-2H3,(H,13,15). The van der Waals surface area contributed by atoms with E-state index < -0.39 is 0 Å². The van der Waals surface area contributed by atoms with E-state index in [0.29, 0.717) is 6.54 Å². The highest BCUT2D eigenvalue weighted by molar-refractivity contribution is 5.81. The van der Waals surface area contributed by atoms with Gasteiger partial charge in [-0.2, -0.15) is 0 Å². The van der Waals surface area contributed by atoms with E-state index >= 15 is 0 Å². The fourth-order valence-corrected chi connectivity index (χ4v) is 2.50. The average molecular weight is 226 g/mol. The summed E-state index contributed by atoms with van der Waals surface area (Å²) in [6.45, 7) is 5.95. The molecular formula is C12H22N2O2. The molecule has 2 aliphatic heterocycles. The molecule has 2 saturated heterocycles. The van der Waals surface area contributed by atoms with Gasteiger partial charge in [-0.15, -0.1) is 0 Å². The third kappa shape index (κ3) is 2.74. The summed E-state index contributed by atoms with van der Waals surface area (Å²) in [5.41, 5.74) is 0.0832. The molecule has 2 heterocycles. The van der Waals surface area contributed by atoms with E-state index in [0.717, 1.165) is 25.8 Å². The van der Waals surface area contributed by atoms with Gasteiger partial charge in [0.1, 0.15) is 6.10 Å². The highest BCUT2D eigenvalue weighted by Crippen LogP contribution is 2.20. The minimum atomic E-state index is -0.222. The van der Waals surface area contributed by atoms with Crippen LogP contribution in [0.1, 0.15) is 39.5 Å². The van der Waals surface area contributed by atoms with Crippen molar-refractivity contribution >= 4 is 5.91 Å². The van der Waals surface area contributed by atoms with Crippen molar-refractivity contribution in [3.63, 3.8) is 0 Å². The molecule has 0 aromatic carbocycles. The Morgan fingerprint density at radius 1 is 1.56 bits per heavy atom. The smallest absolute Gasteiger partial charge is 0.249 e. The lowest BCUT2D eigenvalue weighted by molar-refractivity contribution is -0.132. The zero-order chi connectivity index (χ0) is 11.6. The van der Waals surface area contributed by atoms with Crippen LogP contribution in [0.15, 0.2) is 0 Å². The summed E-state index contributed by atoms with van der Waals surface area (Å²) in [5, 5.41) is 6.43. The maximum Gasteiger partial charge on any atom is 0.249 e. The minimum absolute atomic E-state index is 0.0549. The van der Waals surface area contributed by atoms with E-state index in [9.17, 15) is 4.79 Å². The van der Waals surface area contributed by atoms with Crippen molar-refractivity contribution in [2.45, 2.75) is 57.3 Å². The molecule has 4 heteroatoms. The van der Waals surface area contributed by atoms with Crippen LogP contribution in [0.5, 0.6) is 0 Å². The summed E-state index contributed by atoms with van der Waals surface area (Å²) in [7, 11) is 0. The Kier molecular flexibility index (Phi) is 3.50. The van der Waals surface area contributed by atoms with Crippen LogP contribution < -0.4 is 10.6 Å². The van der Waals surface area contributed by atoms with Crippen LogP contribution in [-0.4, -0.2) is 36.7 Å². The van der Waals surface area contributed by atoms with Gasteiger partial charge in [-0.3, -0.25) is 4.79 Å². The fourth-order valence-electron chi connectivity index (χ4n) is 2.50. The minimum Gasteiger partial charge on any atom is -0.365 e. The topological polar surface area (TPSA) is 50.4 Å². The number of amides is 1. The Labute approximate surface area is 97.1 Å². The van der Waals surface area contributed by atoms with Crippen LogP contribution in [0.3, 0.4) is 0 Å². The molecule has 3 unspecified atom stereocenters. The van der Waals surface area contributed by atoms with Crippen molar-refractivity contribution in [3.8, 4) is 0 Å². The van der Waals surface area contributed by atoms with E-state index in [1.807, 2.05) is 6.92 Å². The zero-order valence-corrected chi connectivity index (χ0v) is 10.2. The second kappa shape index (κ2) is 4.72. The van der Waals surface area contributed by atoms with Gasteiger partial charge in [0.25, 0.3) is 0 Å². The maximum atomic E-state index is 11.8. The monoisotopic (exact) mass is 226 g/mol. The molecule has 0 aromatic rings. The molecule has 0 saturated carbocycles. The molecule has 2 aliphatic rings. The van der Waals surface area contributed by atoms with Gasteiger partial charge in [0, 0.05) is 12.1 Å². The van der Waals surface area contributed by atoms with Gasteiger partial charge in [-0.05, 0) is 46.1 Å². The summed E-state index contributed by atoms with van der Waals surface area (Å²) in [5.74, 6) is 0.0549. The molecular weight excluding hydrogens is 204 g/mol. The molecule has 0 radical (unpaired) electrons. The Morgan fingerprint density at radius 3 is 2.94 bits per heavy atom. The van der Waals surface area contributed by atoms with Crippen LogP contribution in [0, 0.1) is 0 Å². The summed E-state index contributed by atoms with van der Waals surface area (Å²) < 4.78 is 5.54. The van der Waals surface area contributed by atoms with Gasteiger partial charge in [0.15, 0.2) is 0 Å². The Morgan fingerprint density at radius 2 is 2.38 bits per heavy atom. The van der Waals surface area contributed by atoms with Crippen molar-refractivity contribution in [2.24, 2.45) is 0 Å². The van der Waals surface area contributed by atoms with E-state index in [4.69, 9.17) is 4.74 Å². The molecule has 0 aliphatic carbocycles. The first-order valence-corrected chi connectivity index (χ1v) is 6.27. The van der Waals surface area contributed by atoms with Gasteiger partial charge in [-0.25, -0.2) is 0 Å². The number of rotatable bonds is 3. The lowest BCUT2D eigenvalue weighted by atomic mass is 10.0. The second-order valence-electron chi connectivity index (χ2n) is 5.32. The highest BCUT2D eigenvalue weighted by Gasteiger charge is 2.32. The van der Waals surface area contributed by atoms with E-state index in [-0.39, 0.29) is 23.7 Å². The first kappa shape index (κ1) is 11.9. The van der Waals surface area contributed by atoms with E-state index in [1.165, 1.54) is 6.42 Å². The molecule has 0 aromatic heterocycles. The van der Waals surface area contributed by atoms with Gasteiger partial charge in [0.2, 0.25) is 5.91 Å². The number of nitrogens with one attached hydrogen (secondary N) is 2. The summed E-state index contributed by atoms with van der Waals surface area (Å²) in [6, 6.07) is 0. The molecule has 2 N–H and O–H groups in total. The number of carbonyl (C=O) groups excluding carboxylic acids is 1. The van der Waals surface area contributed by atoms with Gasteiger partial charge in [-0.1, -0.05) is 0 Å². The first-order chi connectivity index (χ1) is 7.59. The molecule has 0 spiro atoms. The van der Waals surface area contributed by atoms with Crippen molar-refractivity contribution in [3.05, 3.63) is 0 Å². The van der Waals surface area contributed by atoms with Crippen molar-refractivity contribution < 1.29 is 9.53 Å². The first-order valence-electron chi connectivity index (χ1n) is 6.27. The predicted molar refractivity (Wildman–Crippen MR) is 62.2 cm³/mol. The molecule has 92 valence electrons. The number of hydrogen-bond donors (Lipinski definition) is 2. The summed E-state index contributed by atoms with van der Waals surface area (Å²) >= 11 is 0. The van der Waals surface area contributed by atoms with E-state index in [1.54, 1.807) is 0 Å². The third-order valence-corrected chi connectivity index (χ3v) is 3.63. The quantitative estimate of drug-likeness (QED) is 0.749. The molecule has 16 heavy (non-hydrogen) atoms. The van der Waals surface area contributed by atoms with Crippen LogP contribution in [0.2, 0.25) is 0 Å². The molecule has 3 atom stereocenters. The Balaban J connectivity index is 1.75. The lowest BCUT2D eigenvalue weighted by Crippen LogP contribution is -2.49. The summed E-state index contributed by atoms with van der Waals surface area (Å²) in [4.78, 5) is 11.8. The molecule has 0 bridgehead atoms. The maximum absolute atomic E-state index is 11.8. The fraction of sp³-hybridized carbons (Fsp3) is 0.917. The van der Waals surface area contributed by atoms with Crippen LogP contribution >= 0.6 is 0 Å². The Hall–Kier alpha value is -0.610. The lowest BCUT2D eigenvalue weighted by Gasteiger charge is -2.25. The van der Waals surface area contributed by atoms with Crippen LogP contribution in [0.4, 0.5) is 0 Å². The zero-order valence-electron chi connectivity index (χ0n) is 10.2. The molecule has 1 amide bonds. The number of ether oxygens (including phenoxy) is 1. The van der Waals surface area contributed by atoms with Crippen molar-refractivity contribution in [1.29, 1.82) is 0 Å². The highest BCUT2D eigenvalue weighted by atomic mass is 16.5. The summed E-state index contributed by atoms with van der Waals surface area (Å²) in [6.07, 6.45) is 4.19. The van der Waals surface area contributed by atoms with Gasteiger partial charge < -0.3 is 15.4 Å². The van der Waals surface area contributed by atoms with Crippen molar-refractivity contribution in [2.75, 3.05) is 13.1 Å². The Bertz CT molecular complexity index is 262. The van der Waals surface area contributed by atoms with Gasteiger partial charge >= 0.3 is 0 Å².